The molecule has 1 rings (SSSR count). The van der Waals surface area contributed by atoms with Crippen LogP contribution in [0.3, 0.4) is 0 Å². The van der Waals surface area contributed by atoms with Crippen LogP contribution in [0.1, 0.15) is 31.1 Å². The molecule has 0 aliphatic carbocycles. The highest BCUT2D eigenvalue weighted by atomic mass is 19.4. The summed E-state index contributed by atoms with van der Waals surface area (Å²) in [6, 6.07) is 4.89. The van der Waals surface area contributed by atoms with Crippen LogP contribution in [0.4, 0.5) is 13.2 Å². The Morgan fingerprint density at radius 3 is 2.28 bits per heavy atom. The SMILES string of the molecule is CC(C)(C(=O)O)c1cccc(C(O)C(F)(F)F)c1. The molecule has 0 spiro atoms. The molecule has 2 N–H and O–H groups in total. The minimum Gasteiger partial charge on any atom is -0.481 e. The molecule has 0 aromatic heterocycles. The molecule has 0 aliphatic heterocycles. The van der Waals surface area contributed by atoms with Crippen LogP contribution in [0.25, 0.3) is 0 Å². The monoisotopic (exact) mass is 262 g/mol. The minimum atomic E-state index is -4.77. The van der Waals surface area contributed by atoms with Crippen molar-refractivity contribution in [2.24, 2.45) is 0 Å². The van der Waals surface area contributed by atoms with E-state index >= 15 is 0 Å². The first kappa shape index (κ1) is 14.5. The van der Waals surface area contributed by atoms with Crippen LogP contribution in [0.15, 0.2) is 24.3 Å². The van der Waals surface area contributed by atoms with Crippen molar-refractivity contribution < 1.29 is 28.2 Å². The van der Waals surface area contributed by atoms with E-state index in [1.165, 1.54) is 26.0 Å². The topological polar surface area (TPSA) is 57.5 Å². The van der Waals surface area contributed by atoms with Crippen LogP contribution in [0.5, 0.6) is 0 Å². The van der Waals surface area contributed by atoms with Crippen molar-refractivity contribution in [2.45, 2.75) is 31.5 Å². The Balaban J connectivity index is 3.19. The zero-order valence-corrected chi connectivity index (χ0v) is 9.82. The maximum Gasteiger partial charge on any atom is 0.418 e. The number of carboxylic acid groups (broad SMARTS) is 1. The fraction of sp³-hybridized carbons (Fsp3) is 0.417. The third kappa shape index (κ3) is 2.81. The van der Waals surface area contributed by atoms with E-state index in [-0.39, 0.29) is 11.1 Å². The molecule has 1 atom stereocenters. The maximum absolute atomic E-state index is 12.4. The van der Waals surface area contributed by atoms with Crippen molar-refractivity contribution in [2.75, 3.05) is 0 Å². The quantitative estimate of drug-likeness (QED) is 0.880. The largest absolute Gasteiger partial charge is 0.481 e. The van der Waals surface area contributed by atoms with Gasteiger partial charge in [-0.3, -0.25) is 4.79 Å². The summed E-state index contributed by atoms with van der Waals surface area (Å²) < 4.78 is 37.1. The van der Waals surface area contributed by atoms with E-state index in [9.17, 15) is 18.0 Å². The maximum atomic E-state index is 12.4. The lowest BCUT2D eigenvalue weighted by Crippen LogP contribution is -2.29. The van der Waals surface area contributed by atoms with Crippen LogP contribution in [-0.2, 0) is 10.2 Å². The molecule has 18 heavy (non-hydrogen) atoms. The molecule has 6 heteroatoms. The summed E-state index contributed by atoms with van der Waals surface area (Å²) in [5, 5.41) is 18.1. The number of carbonyl (C=O) groups is 1. The van der Waals surface area contributed by atoms with Gasteiger partial charge >= 0.3 is 12.1 Å². The van der Waals surface area contributed by atoms with E-state index < -0.39 is 23.7 Å². The number of benzene rings is 1. The lowest BCUT2D eigenvalue weighted by Gasteiger charge is -2.22. The fourth-order valence-electron chi connectivity index (χ4n) is 1.41. The number of alkyl halides is 3. The van der Waals surface area contributed by atoms with Gasteiger partial charge in [0.25, 0.3) is 0 Å². The number of rotatable bonds is 3. The smallest absolute Gasteiger partial charge is 0.418 e. The van der Waals surface area contributed by atoms with E-state index in [0.29, 0.717) is 0 Å². The number of hydrogen-bond donors (Lipinski definition) is 2. The normalized spacial score (nSPS) is 14.3. The van der Waals surface area contributed by atoms with Gasteiger partial charge in [0.1, 0.15) is 0 Å². The van der Waals surface area contributed by atoms with Crippen molar-refractivity contribution >= 4 is 5.97 Å². The Morgan fingerprint density at radius 2 is 1.83 bits per heavy atom. The molecule has 0 heterocycles. The summed E-state index contributed by atoms with van der Waals surface area (Å²) >= 11 is 0. The average Bonchev–Trinajstić information content (AvgIpc) is 2.26. The first-order valence-electron chi connectivity index (χ1n) is 5.15. The van der Waals surface area contributed by atoms with Gasteiger partial charge in [0, 0.05) is 0 Å². The van der Waals surface area contributed by atoms with E-state index in [2.05, 4.69) is 0 Å². The van der Waals surface area contributed by atoms with Gasteiger partial charge in [-0.2, -0.15) is 13.2 Å². The first-order valence-corrected chi connectivity index (χ1v) is 5.15. The van der Waals surface area contributed by atoms with Crippen LogP contribution in [-0.4, -0.2) is 22.4 Å². The number of aliphatic carboxylic acids is 1. The summed E-state index contributed by atoms with van der Waals surface area (Å²) in [6.45, 7) is 2.77. The highest BCUT2D eigenvalue weighted by molar-refractivity contribution is 5.80. The van der Waals surface area contributed by atoms with Gasteiger partial charge in [-0.25, -0.2) is 0 Å². The van der Waals surface area contributed by atoms with Gasteiger partial charge in [-0.05, 0) is 25.0 Å². The first-order chi connectivity index (χ1) is 8.06. The fourth-order valence-corrected chi connectivity index (χ4v) is 1.41. The number of carboxylic acids is 1. The van der Waals surface area contributed by atoms with E-state index in [1.54, 1.807) is 0 Å². The summed E-state index contributed by atoms with van der Waals surface area (Å²) in [6.07, 6.45) is -7.38. The third-order valence-corrected chi connectivity index (χ3v) is 2.77. The number of aliphatic hydroxyl groups excluding tert-OH is 1. The second-order valence-corrected chi connectivity index (χ2v) is 4.50. The van der Waals surface area contributed by atoms with Crippen molar-refractivity contribution in [3.05, 3.63) is 35.4 Å². The number of hydrogen-bond acceptors (Lipinski definition) is 2. The van der Waals surface area contributed by atoms with Gasteiger partial charge in [-0.15, -0.1) is 0 Å². The predicted molar refractivity (Wildman–Crippen MR) is 58.1 cm³/mol. The Bertz CT molecular complexity index is 452. The molecule has 1 aromatic carbocycles. The van der Waals surface area contributed by atoms with Crippen LogP contribution >= 0.6 is 0 Å². The average molecular weight is 262 g/mol. The summed E-state index contributed by atoms with van der Waals surface area (Å²) in [4.78, 5) is 11.0. The molecule has 1 unspecified atom stereocenters. The number of aliphatic hydroxyl groups is 1. The highest BCUT2D eigenvalue weighted by Crippen LogP contribution is 2.34. The molecule has 0 bridgehead atoms. The predicted octanol–water partition coefficient (Wildman–Crippen LogP) is 2.64. The molecule has 0 aliphatic rings. The van der Waals surface area contributed by atoms with Crippen molar-refractivity contribution in [1.82, 2.24) is 0 Å². The molecule has 0 saturated carbocycles. The molecular formula is C12H13F3O3. The van der Waals surface area contributed by atoms with Gasteiger partial charge < -0.3 is 10.2 Å². The Hall–Kier alpha value is -1.56. The second-order valence-electron chi connectivity index (χ2n) is 4.50. The lowest BCUT2D eigenvalue weighted by atomic mass is 9.83. The third-order valence-electron chi connectivity index (χ3n) is 2.77. The summed E-state index contributed by atoms with van der Waals surface area (Å²) in [5.74, 6) is -1.15. The molecule has 100 valence electrons. The van der Waals surface area contributed by atoms with Gasteiger partial charge in [0.2, 0.25) is 0 Å². The zero-order chi connectivity index (χ0) is 14.1. The van der Waals surface area contributed by atoms with E-state index in [1.807, 2.05) is 0 Å². The van der Waals surface area contributed by atoms with Crippen molar-refractivity contribution in [3.63, 3.8) is 0 Å². The minimum absolute atomic E-state index is 0.204. The Morgan fingerprint density at radius 1 is 1.28 bits per heavy atom. The van der Waals surface area contributed by atoms with Crippen LogP contribution < -0.4 is 0 Å². The standard InChI is InChI=1S/C12H13F3O3/c1-11(2,10(17)18)8-5-3-4-7(6-8)9(16)12(13,14)15/h3-6,9,16H,1-2H3,(H,17,18). The Kier molecular flexibility index (Phi) is 3.71. The molecule has 1 aromatic rings. The van der Waals surface area contributed by atoms with Crippen LogP contribution in [0, 0.1) is 0 Å². The van der Waals surface area contributed by atoms with Crippen molar-refractivity contribution in [3.8, 4) is 0 Å². The molecule has 0 amide bonds. The van der Waals surface area contributed by atoms with Gasteiger partial charge in [0.15, 0.2) is 6.10 Å². The van der Waals surface area contributed by atoms with Gasteiger partial charge in [-0.1, -0.05) is 24.3 Å². The Labute approximate surface area is 102 Å². The molecule has 0 saturated heterocycles. The van der Waals surface area contributed by atoms with Crippen LogP contribution in [0.2, 0.25) is 0 Å². The van der Waals surface area contributed by atoms with E-state index in [4.69, 9.17) is 10.2 Å². The van der Waals surface area contributed by atoms with Crippen molar-refractivity contribution in [1.29, 1.82) is 0 Å². The summed E-state index contributed by atoms with van der Waals surface area (Å²) in [7, 11) is 0. The van der Waals surface area contributed by atoms with E-state index in [0.717, 1.165) is 12.1 Å². The second kappa shape index (κ2) is 4.61. The summed E-state index contributed by atoms with van der Waals surface area (Å²) in [5.41, 5.74) is -1.48. The molecule has 3 nitrogen and oxygen atoms in total. The number of halogens is 3. The highest BCUT2D eigenvalue weighted by Gasteiger charge is 2.40. The zero-order valence-electron chi connectivity index (χ0n) is 9.82. The lowest BCUT2D eigenvalue weighted by molar-refractivity contribution is -0.206. The van der Waals surface area contributed by atoms with Gasteiger partial charge in [0.05, 0.1) is 5.41 Å². The molecular weight excluding hydrogens is 249 g/mol. The molecule has 0 fully saturated rings. The molecule has 0 radical (unpaired) electrons.